The lowest BCUT2D eigenvalue weighted by Gasteiger charge is -2.19. The van der Waals surface area contributed by atoms with Crippen LogP contribution in [0.5, 0.6) is 5.75 Å². The Kier molecular flexibility index (Phi) is 6.87. The van der Waals surface area contributed by atoms with Crippen LogP contribution in [-0.4, -0.2) is 18.5 Å². The molecule has 1 atom stereocenters. The number of hydrogen-bond acceptors (Lipinski definition) is 4. The number of rotatable bonds is 7. The zero-order valence-corrected chi connectivity index (χ0v) is 16.6. The van der Waals surface area contributed by atoms with Crippen molar-refractivity contribution in [3.8, 4) is 5.75 Å². The normalized spacial score (nSPS) is 11.4. The van der Waals surface area contributed by atoms with Crippen LogP contribution in [0.1, 0.15) is 28.9 Å². The summed E-state index contributed by atoms with van der Waals surface area (Å²) in [7, 11) is 0. The minimum absolute atomic E-state index is 0.265. The Bertz CT molecular complexity index is 991. The summed E-state index contributed by atoms with van der Waals surface area (Å²) in [5.74, 6) is -0.593. The van der Waals surface area contributed by atoms with E-state index in [0.717, 1.165) is 0 Å². The van der Waals surface area contributed by atoms with Gasteiger partial charge in [0.05, 0.1) is 17.9 Å². The van der Waals surface area contributed by atoms with Crippen LogP contribution in [0, 0.1) is 0 Å². The predicted octanol–water partition coefficient (Wildman–Crippen LogP) is 5.28. The Balaban J connectivity index is 1.86. The average molecular weight is 410 g/mol. The molecule has 0 aliphatic rings. The first-order valence-corrected chi connectivity index (χ1v) is 9.50. The maximum atomic E-state index is 13.0. The van der Waals surface area contributed by atoms with Crippen molar-refractivity contribution in [2.45, 2.75) is 13.0 Å². The van der Waals surface area contributed by atoms with Crippen LogP contribution in [0.3, 0.4) is 0 Å². The average Bonchev–Trinajstić information content (AvgIpc) is 2.74. The minimum Gasteiger partial charge on any atom is -0.492 e. The molecule has 1 N–H and O–H groups in total. The summed E-state index contributed by atoms with van der Waals surface area (Å²) >= 11 is 5.96. The van der Waals surface area contributed by atoms with Gasteiger partial charge in [0.2, 0.25) is 6.10 Å². The molecule has 6 heteroatoms. The summed E-state index contributed by atoms with van der Waals surface area (Å²) in [6.45, 7) is 2.32. The maximum absolute atomic E-state index is 13.0. The van der Waals surface area contributed by atoms with Crippen LogP contribution in [-0.2, 0) is 9.53 Å². The van der Waals surface area contributed by atoms with Gasteiger partial charge in [0.1, 0.15) is 5.75 Å². The van der Waals surface area contributed by atoms with Gasteiger partial charge in [-0.25, -0.2) is 4.79 Å². The number of para-hydroxylation sites is 2. The molecule has 0 fully saturated rings. The number of esters is 1. The number of halogens is 1. The van der Waals surface area contributed by atoms with Crippen molar-refractivity contribution in [1.82, 2.24) is 0 Å². The van der Waals surface area contributed by atoms with E-state index in [4.69, 9.17) is 21.1 Å². The number of nitrogens with one attached hydrogen (secondary N) is 1. The van der Waals surface area contributed by atoms with Gasteiger partial charge in [0.25, 0.3) is 5.91 Å². The summed E-state index contributed by atoms with van der Waals surface area (Å²) < 4.78 is 11.1. The quantitative estimate of drug-likeness (QED) is 0.539. The molecule has 0 aliphatic heterocycles. The third-order valence-corrected chi connectivity index (χ3v) is 4.31. The summed E-state index contributed by atoms with van der Waals surface area (Å²) in [4.78, 5) is 25.7. The van der Waals surface area contributed by atoms with Gasteiger partial charge in [-0.05, 0) is 37.3 Å². The van der Waals surface area contributed by atoms with Gasteiger partial charge < -0.3 is 14.8 Å². The highest BCUT2D eigenvalue weighted by Crippen LogP contribution is 2.27. The molecule has 0 spiro atoms. The van der Waals surface area contributed by atoms with E-state index in [1.807, 2.05) is 19.1 Å². The van der Waals surface area contributed by atoms with Gasteiger partial charge in [-0.15, -0.1) is 0 Å². The van der Waals surface area contributed by atoms with Crippen molar-refractivity contribution in [3.05, 3.63) is 95.0 Å². The molecular formula is C23H20ClNO4. The van der Waals surface area contributed by atoms with Gasteiger partial charge in [0, 0.05) is 10.6 Å². The Hall–Kier alpha value is -3.31. The van der Waals surface area contributed by atoms with E-state index in [-0.39, 0.29) is 5.56 Å². The zero-order valence-electron chi connectivity index (χ0n) is 15.8. The maximum Gasteiger partial charge on any atom is 0.339 e. The summed E-state index contributed by atoms with van der Waals surface area (Å²) in [5, 5.41) is 3.20. The van der Waals surface area contributed by atoms with Crippen molar-refractivity contribution < 1.29 is 19.1 Å². The Morgan fingerprint density at radius 2 is 1.69 bits per heavy atom. The number of carbonyl (C=O) groups is 2. The number of ether oxygens (including phenoxy) is 2. The van der Waals surface area contributed by atoms with Gasteiger partial charge in [-0.1, -0.05) is 60.1 Å². The SMILES string of the molecule is CCOc1ccccc1NC(=O)[C@H](OC(=O)c1cccc(Cl)c1)c1ccccc1. The summed E-state index contributed by atoms with van der Waals surface area (Å²) in [6, 6.07) is 22.3. The second-order valence-electron chi connectivity index (χ2n) is 6.12. The lowest BCUT2D eigenvalue weighted by molar-refractivity contribution is -0.125. The highest BCUT2D eigenvalue weighted by atomic mass is 35.5. The standard InChI is InChI=1S/C23H20ClNO4/c1-2-28-20-14-7-6-13-19(20)25-22(26)21(16-9-4-3-5-10-16)29-23(27)17-11-8-12-18(24)15-17/h3-15,21H,2H2,1H3,(H,25,26)/t21-/m1/s1. The second-order valence-corrected chi connectivity index (χ2v) is 6.56. The van der Waals surface area contributed by atoms with E-state index in [0.29, 0.717) is 28.6 Å². The first-order chi connectivity index (χ1) is 14.1. The van der Waals surface area contributed by atoms with E-state index < -0.39 is 18.0 Å². The minimum atomic E-state index is -1.14. The molecule has 29 heavy (non-hydrogen) atoms. The van der Waals surface area contributed by atoms with Crippen LogP contribution in [0.2, 0.25) is 5.02 Å². The molecule has 3 rings (SSSR count). The highest BCUT2D eigenvalue weighted by molar-refractivity contribution is 6.30. The smallest absolute Gasteiger partial charge is 0.339 e. The van der Waals surface area contributed by atoms with Crippen molar-refractivity contribution in [2.24, 2.45) is 0 Å². The van der Waals surface area contributed by atoms with Crippen molar-refractivity contribution in [2.75, 3.05) is 11.9 Å². The molecule has 0 saturated heterocycles. The van der Waals surface area contributed by atoms with Crippen LogP contribution < -0.4 is 10.1 Å². The molecule has 0 unspecified atom stereocenters. The second kappa shape index (κ2) is 9.75. The van der Waals surface area contributed by atoms with Gasteiger partial charge in [-0.3, -0.25) is 4.79 Å². The molecule has 5 nitrogen and oxygen atoms in total. The van der Waals surface area contributed by atoms with E-state index in [2.05, 4.69) is 5.32 Å². The number of carbonyl (C=O) groups excluding carboxylic acids is 2. The fourth-order valence-electron chi connectivity index (χ4n) is 2.74. The zero-order chi connectivity index (χ0) is 20.6. The molecule has 3 aromatic rings. The predicted molar refractivity (Wildman–Crippen MR) is 112 cm³/mol. The number of anilines is 1. The van der Waals surface area contributed by atoms with E-state index in [1.165, 1.54) is 6.07 Å². The van der Waals surface area contributed by atoms with Crippen LogP contribution in [0.25, 0.3) is 0 Å². The van der Waals surface area contributed by atoms with Crippen LogP contribution in [0.15, 0.2) is 78.9 Å². The molecule has 0 radical (unpaired) electrons. The molecule has 0 bridgehead atoms. The molecular weight excluding hydrogens is 390 g/mol. The third-order valence-electron chi connectivity index (χ3n) is 4.07. The molecule has 3 aromatic carbocycles. The molecule has 0 saturated carbocycles. The molecule has 0 aromatic heterocycles. The van der Waals surface area contributed by atoms with E-state index in [9.17, 15) is 9.59 Å². The van der Waals surface area contributed by atoms with Gasteiger partial charge in [0.15, 0.2) is 0 Å². The lowest BCUT2D eigenvalue weighted by atomic mass is 10.1. The lowest BCUT2D eigenvalue weighted by Crippen LogP contribution is -2.26. The van der Waals surface area contributed by atoms with Crippen molar-refractivity contribution >= 4 is 29.2 Å². The van der Waals surface area contributed by atoms with E-state index >= 15 is 0 Å². The topological polar surface area (TPSA) is 64.6 Å². The van der Waals surface area contributed by atoms with Crippen LogP contribution >= 0.6 is 11.6 Å². The number of benzene rings is 3. The molecule has 0 aliphatic carbocycles. The third kappa shape index (κ3) is 5.36. The molecule has 0 heterocycles. The Morgan fingerprint density at radius 1 is 0.966 bits per heavy atom. The monoisotopic (exact) mass is 409 g/mol. The Labute approximate surface area is 174 Å². The first kappa shape index (κ1) is 20.4. The van der Waals surface area contributed by atoms with Gasteiger partial charge >= 0.3 is 5.97 Å². The Morgan fingerprint density at radius 3 is 2.41 bits per heavy atom. The summed E-state index contributed by atoms with van der Waals surface area (Å²) in [5.41, 5.74) is 1.31. The summed E-state index contributed by atoms with van der Waals surface area (Å²) in [6.07, 6.45) is -1.14. The van der Waals surface area contributed by atoms with Crippen LogP contribution in [0.4, 0.5) is 5.69 Å². The number of amides is 1. The number of hydrogen-bond donors (Lipinski definition) is 1. The van der Waals surface area contributed by atoms with Crippen molar-refractivity contribution in [1.29, 1.82) is 0 Å². The highest BCUT2D eigenvalue weighted by Gasteiger charge is 2.26. The van der Waals surface area contributed by atoms with E-state index in [1.54, 1.807) is 60.7 Å². The largest absolute Gasteiger partial charge is 0.492 e. The fourth-order valence-corrected chi connectivity index (χ4v) is 2.93. The molecule has 148 valence electrons. The first-order valence-electron chi connectivity index (χ1n) is 9.12. The van der Waals surface area contributed by atoms with Crippen molar-refractivity contribution in [3.63, 3.8) is 0 Å². The molecule has 1 amide bonds. The fraction of sp³-hybridized carbons (Fsp3) is 0.130. The van der Waals surface area contributed by atoms with Gasteiger partial charge in [-0.2, -0.15) is 0 Å².